The molecular weight excluding hydrogens is 388 g/mol. The number of methoxy groups -OCH3 is 2. The predicted octanol–water partition coefficient (Wildman–Crippen LogP) is 1.49. The van der Waals surface area contributed by atoms with Crippen LogP contribution in [0.3, 0.4) is 0 Å². The number of nitrogens with one attached hydrogen (secondary N) is 1. The van der Waals surface area contributed by atoms with Crippen molar-refractivity contribution in [3.63, 3.8) is 0 Å². The number of hydrogen-bond donors (Lipinski definition) is 1. The molecule has 1 aromatic rings. The molecule has 2 aliphatic rings. The summed E-state index contributed by atoms with van der Waals surface area (Å²) in [5, 5.41) is 2.91. The average molecular weight is 421 g/mol. The van der Waals surface area contributed by atoms with E-state index in [1.807, 2.05) is 4.90 Å². The highest BCUT2D eigenvalue weighted by molar-refractivity contribution is 5.90. The number of hydrogen-bond acceptors (Lipinski definition) is 6. The lowest BCUT2D eigenvalue weighted by Gasteiger charge is -2.32. The smallest absolute Gasteiger partial charge is 0.321 e. The van der Waals surface area contributed by atoms with E-state index in [0.717, 1.165) is 39.3 Å². The Bertz CT molecular complexity index is 738. The number of benzene rings is 1. The van der Waals surface area contributed by atoms with Gasteiger partial charge in [-0.2, -0.15) is 0 Å². The number of carbonyl (C=O) groups is 2. The van der Waals surface area contributed by atoms with Crippen LogP contribution in [0.1, 0.15) is 13.3 Å². The van der Waals surface area contributed by atoms with Gasteiger partial charge in [-0.25, -0.2) is 4.79 Å². The summed E-state index contributed by atoms with van der Waals surface area (Å²) in [5.74, 6) is 1.21. The Labute approximate surface area is 177 Å². The van der Waals surface area contributed by atoms with Crippen molar-refractivity contribution in [1.29, 1.82) is 0 Å². The molecule has 0 aromatic heterocycles. The minimum atomic E-state index is -0.179. The molecule has 1 unspecified atom stereocenters. The van der Waals surface area contributed by atoms with E-state index in [9.17, 15) is 9.59 Å². The summed E-state index contributed by atoms with van der Waals surface area (Å²) in [6, 6.07) is 5.12. The second-order valence-corrected chi connectivity index (χ2v) is 7.55. The zero-order chi connectivity index (χ0) is 21.5. The Kier molecular flexibility index (Phi) is 7.75. The molecule has 0 bridgehead atoms. The van der Waals surface area contributed by atoms with Gasteiger partial charge in [-0.05, 0) is 18.6 Å². The number of carbonyl (C=O) groups excluding carboxylic acids is 2. The van der Waals surface area contributed by atoms with Crippen molar-refractivity contribution < 1.29 is 23.8 Å². The van der Waals surface area contributed by atoms with E-state index < -0.39 is 0 Å². The largest absolute Gasteiger partial charge is 0.493 e. The highest BCUT2D eigenvalue weighted by Gasteiger charge is 2.32. The van der Waals surface area contributed by atoms with Crippen molar-refractivity contribution in [3.05, 3.63) is 18.2 Å². The fraction of sp³-hybridized carbons (Fsp3) is 0.619. The highest BCUT2D eigenvalue weighted by atomic mass is 16.5. The number of ether oxygens (including phenoxy) is 3. The van der Waals surface area contributed by atoms with E-state index in [4.69, 9.17) is 14.2 Å². The van der Waals surface area contributed by atoms with Gasteiger partial charge in [0.05, 0.1) is 33.5 Å². The zero-order valence-electron chi connectivity index (χ0n) is 18.1. The van der Waals surface area contributed by atoms with Crippen molar-refractivity contribution in [3.8, 4) is 11.5 Å². The number of morpholine rings is 1. The van der Waals surface area contributed by atoms with Crippen LogP contribution in [-0.4, -0.2) is 99.4 Å². The molecule has 1 atom stereocenters. The molecule has 0 aliphatic carbocycles. The van der Waals surface area contributed by atoms with E-state index in [0.29, 0.717) is 36.8 Å². The SMILES string of the molecule is COc1ccc(NC(=O)N2CCC(N(CCN3CCOCC3)C(C)=O)C2)cc1OC. The molecule has 3 amide bonds. The number of anilines is 1. The Morgan fingerprint density at radius 2 is 1.90 bits per heavy atom. The topological polar surface area (TPSA) is 83.6 Å². The first-order valence-electron chi connectivity index (χ1n) is 10.4. The third-order valence-corrected chi connectivity index (χ3v) is 5.69. The van der Waals surface area contributed by atoms with E-state index in [-0.39, 0.29) is 18.0 Å². The van der Waals surface area contributed by atoms with Gasteiger partial charge in [0.15, 0.2) is 11.5 Å². The summed E-state index contributed by atoms with van der Waals surface area (Å²) in [4.78, 5) is 30.9. The van der Waals surface area contributed by atoms with Gasteiger partial charge in [-0.15, -0.1) is 0 Å². The molecule has 2 aliphatic heterocycles. The van der Waals surface area contributed by atoms with Crippen LogP contribution >= 0.6 is 0 Å². The second-order valence-electron chi connectivity index (χ2n) is 7.55. The molecule has 1 N–H and O–H groups in total. The van der Waals surface area contributed by atoms with Crippen LogP contribution in [0.2, 0.25) is 0 Å². The average Bonchev–Trinajstić information content (AvgIpc) is 3.24. The third kappa shape index (κ3) is 5.54. The minimum Gasteiger partial charge on any atom is -0.493 e. The molecule has 30 heavy (non-hydrogen) atoms. The van der Waals surface area contributed by atoms with Crippen molar-refractivity contribution in [2.75, 3.05) is 72.0 Å². The van der Waals surface area contributed by atoms with Crippen LogP contribution in [-0.2, 0) is 9.53 Å². The highest BCUT2D eigenvalue weighted by Crippen LogP contribution is 2.30. The minimum absolute atomic E-state index is 0.0414. The first-order chi connectivity index (χ1) is 14.5. The molecule has 3 rings (SSSR count). The molecule has 0 radical (unpaired) electrons. The van der Waals surface area contributed by atoms with E-state index >= 15 is 0 Å². The quantitative estimate of drug-likeness (QED) is 0.720. The predicted molar refractivity (Wildman–Crippen MR) is 113 cm³/mol. The Morgan fingerprint density at radius 1 is 1.17 bits per heavy atom. The van der Waals surface area contributed by atoms with E-state index in [1.54, 1.807) is 44.2 Å². The van der Waals surface area contributed by atoms with Gasteiger partial charge in [0, 0.05) is 57.9 Å². The van der Waals surface area contributed by atoms with E-state index in [1.165, 1.54) is 0 Å². The Balaban J connectivity index is 1.54. The molecule has 2 saturated heterocycles. The van der Waals surface area contributed by atoms with E-state index in [2.05, 4.69) is 10.2 Å². The molecule has 9 heteroatoms. The maximum Gasteiger partial charge on any atom is 0.321 e. The van der Waals surface area contributed by atoms with Crippen LogP contribution in [0.4, 0.5) is 10.5 Å². The molecule has 2 fully saturated rings. The summed E-state index contributed by atoms with van der Waals surface area (Å²) >= 11 is 0. The van der Waals surface area contributed by atoms with Crippen LogP contribution in [0.5, 0.6) is 11.5 Å². The molecule has 1 aromatic carbocycles. The molecule has 0 saturated carbocycles. The Hall–Kier alpha value is -2.52. The van der Waals surface area contributed by atoms with Crippen molar-refractivity contribution in [1.82, 2.24) is 14.7 Å². The van der Waals surface area contributed by atoms with Gasteiger partial charge in [-0.3, -0.25) is 9.69 Å². The van der Waals surface area contributed by atoms with Crippen molar-refractivity contribution in [2.24, 2.45) is 0 Å². The lowest BCUT2D eigenvalue weighted by Crippen LogP contribution is -2.47. The van der Waals surface area contributed by atoms with Gasteiger partial charge in [-0.1, -0.05) is 0 Å². The fourth-order valence-electron chi connectivity index (χ4n) is 3.97. The summed E-state index contributed by atoms with van der Waals surface area (Å²) in [6.07, 6.45) is 0.780. The number of amides is 3. The molecular formula is C21H32N4O5. The number of nitrogens with zero attached hydrogens (tertiary/aromatic N) is 3. The zero-order valence-corrected chi connectivity index (χ0v) is 18.1. The molecule has 9 nitrogen and oxygen atoms in total. The number of urea groups is 1. The fourth-order valence-corrected chi connectivity index (χ4v) is 3.97. The lowest BCUT2D eigenvalue weighted by atomic mass is 10.2. The van der Waals surface area contributed by atoms with Gasteiger partial charge in [0.25, 0.3) is 0 Å². The molecule has 0 spiro atoms. The third-order valence-electron chi connectivity index (χ3n) is 5.69. The first-order valence-corrected chi connectivity index (χ1v) is 10.4. The van der Waals surface area contributed by atoms with Crippen LogP contribution < -0.4 is 14.8 Å². The first kappa shape index (κ1) is 22.2. The van der Waals surface area contributed by atoms with Gasteiger partial charge in [0.2, 0.25) is 5.91 Å². The van der Waals surface area contributed by atoms with Crippen molar-refractivity contribution >= 4 is 17.6 Å². The maximum absolute atomic E-state index is 12.7. The van der Waals surface area contributed by atoms with Crippen LogP contribution in [0.25, 0.3) is 0 Å². The second kappa shape index (κ2) is 10.5. The lowest BCUT2D eigenvalue weighted by molar-refractivity contribution is -0.131. The monoisotopic (exact) mass is 420 g/mol. The number of rotatable bonds is 7. The van der Waals surface area contributed by atoms with Gasteiger partial charge >= 0.3 is 6.03 Å². The summed E-state index contributed by atoms with van der Waals surface area (Å²) in [7, 11) is 3.13. The molecule has 2 heterocycles. The maximum atomic E-state index is 12.7. The van der Waals surface area contributed by atoms with Crippen LogP contribution in [0.15, 0.2) is 18.2 Å². The van der Waals surface area contributed by atoms with Gasteiger partial charge in [0.1, 0.15) is 0 Å². The standard InChI is InChI=1S/C21H32N4O5/c1-16(26)25(9-8-23-10-12-30-13-11-23)18-6-7-24(15-18)21(27)22-17-4-5-19(28-2)20(14-17)29-3/h4-5,14,18H,6-13,15H2,1-3H3,(H,22,27). The summed E-state index contributed by atoms with van der Waals surface area (Å²) in [6.45, 7) is 7.54. The Morgan fingerprint density at radius 3 is 2.57 bits per heavy atom. The summed E-state index contributed by atoms with van der Waals surface area (Å²) < 4.78 is 15.9. The number of likely N-dealkylation sites (tertiary alicyclic amines) is 1. The van der Waals surface area contributed by atoms with Crippen molar-refractivity contribution in [2.45, 2.75) is 19.4 Å². The van der Waals surface area contributed by atoms with Crippen LogP contribution in [0, 0.1) is 0 Å². The normalized spacial score (nSPS) is 19.4. The molecule has 166 valence electrons. The summed E-state index contributed by atoms with van der Waals surface area (Å²) in [5.41, 5.74) is 0.636. The van der Waals surface area contributed by atoms with Gasteiger partial charge < -0.3 is 29.3 Å².